The monoisotopic (exact) mass is 444 g/mol. The predicted octanol–water partition coefficient (Wildman–Crippen LogP) is 4.27. The second-order valence-corrected chi connectivity index (χ2v) is 8.02. The third-order valence-electron chi connectivity index (χ3n) is 6.00. The lowest BCUT2D eigenvalue weighted by molar-refractivity contribution is 0.0474. The molecule has 0 saturated carbocycles. The van der Waals surface area contributed by atoms with E-state index in [1.165, 1.54) is 18.2 Å². The maximum Gasteiger partial charge on any atom is 0.338 e. The number of hydrogen-bond acceptors (Lipinski definition) is 5. The molecule has 2 heterocycles. The van der Waals surface area contributed by atoms with Crippen molar-refractivity contribution >= 4 is 29.3 Å². The van der Waals surface area contributed by atoms with Crippen LogP contribution >= 0.6 is 0 Å². The molecule has 7 heteroatoms. The van der Waals surface area contributed by atoms with Crippen molar-refractivity contribution in [1.29, 1.82) is 0 Å². The highest BCUT2D eigenvalue weighted by Crippen LogP contribution is 2.31. The van der Waals surface area contributed by atoms with Crippen molar-refractivity contribution in [3.63, 3.8) is 0 Å². The van der Waals surface area contributed by atoms with Crippen LogP contribution in [-0.2, 0) is 11.3 Å². The van der Waals surface area contributed by atoms with E-state index in [-0.39, 0.29) is 22.5 Å². The van der Waals surface area contributed by atoms with Crippen LogP contribution in [0, 0.1) is 20.8 Å². The molecule has 168 valence electrons. The number of aromatic nitrogens is 1. The maximum absolute atomic E-state index is 13.0. The summed E-state index contributed by atoms with van der Waals surface area (Å²) in [5, 5.41) is 0. The molecule has 0 N–H and O–H groups in total. The summed E-state index contributed by atoms with van der Waals surface area (Å²) < 4.78 is 7.24. The molecule has 0 fully saturated rings. The molecule has 0 spiro atoms. The quantitative estimate of drug-likeness (QED) is 0.322. The van der Waals surface area contributed by atoms with Crippen molar-refractivity contribution in [2.24, 2.45) is 0 Å². The third kappa shape index (κ3) is 3.75. The van der Waals surface area contributed by atoms with E-state index in [2.05, 4.69) is 0 Å². The van der Waals surface area contributed by atoms with Crippen LogP contribution in [0.1, 0.15) is 65.3 Å². The van der Waals surface area contributed by atoms with E-state index in [1.807, 2.05) is 44.4 Å². The number of rotatable bonds is 6. The Kier molecular flexibility index (Phi) is 5.72. The van der Waals surface area contributed by atoms with Crippen LogP contribution < -0.4 is 4.90 Å². The normalized spacial score (nSPS) is 12.8. The lowest BCUT2D eigenvalue weighted by atomic mass is 10.1. The smallest absolute Gasteiger partial charge is 0.338 e. The Morgan fingerprint density at radius 3 is 2.27 bits per heavy atom. The highest BCUT2D eigenvalue weighted by atomic mass is 16.5. The molecule has 0 bridgehead atoms. The van der Waals surface area contributed by atoms with Gasteiger partial charge in [-0.15, -0.1) is 0 Å². The first-order valence-electron chi connectivity index (χ1n) is 10.7. The summed E-state index contributed by atoms with van der Waals surface area (Å²) in [6.07, 6.45) is 0. The van der Waals surface area contributed by atoms with Crippen LogP contribution in [0.4, 0.5) is 5.69 Å². The molecule has 0 atom stereocenters. The van der Waals surface area contributed by atoms with Gasteiger partial charge in [-0.1, -0.05) is 18.2 Å². The van der Waals surface area contributed by atoms with Gasteiger partial charge in [0.05, 0.1) is 22.4 Å². The molecule has 2 aromatic carbocycles. The number of carbonyl (C=O) groups is 4. The average molecular weight is 444 g/mol. The summed E-state index contributed by atoms with van der Waals surface area (Å²) in [5.41, 5.74) is 4.06. The van der Waals surface area contributed by atoms with E-state index in [1.54, 1.807) is 18.2 Å². The number of benzene rings is 2. The summed E-state index contributed by atoms with van der Waals surface area (Å²) in [6, 6.07) is 13.1. The van der Waals surface area contributed by atoms with Crippen LogP contribution in [0.15, 0.2) is 48.5 Å². The van der Waals surface area contributed by atoms with E-state index >= 15 is 0 Å². The highest BCUT2D eigenvalue weighted by Gasteiger charge is 2.37. The molecule has 0 aliphatic carbocycles. The molecule has 1 aliphatic rings. The van der Waals surface area contributed by atoms with Gasteiger partial charge in [-0.3, -0.25) is 14.4 Å². The van der Waals surface area contributed by atoms with Gasteiger partial charge in [0.1, 0.15) is 0 Å². The molecule has 0 unspecified atom stereocenters. The Labute approximate surface area is 191 Å². The number of nitrogens with zero attached hydrogens (tertiary/aromatic N) is 2. The summed E-state index contributed by atoms with van der Waals surface area (Å²) in [7, 11) is 0. The Morgan fingerprint density at radius 2 is 1.61 bits per heavy atom. The van der Waals surface area contributed by atoms with Gasteiger partial charge in [-0.2, -0.15) is 0 Å². The number of Topliss-reactive ketones (excluding diaryl/α,β-unsaturated/α-hetero) is 1. The van der Waals surface area contributed by atoms with Crippen molar-refractivity contribution in [2.75, 3.05) is 11.5 Å². The topological polar surface area (TPSA) is 85.7 Å². The molecule has 3 aromatic rings. The van der Waals surface area contributed by atoms with Gasteiger partial charge in [-0.05, 0) is 63.6 Å². The Bertz CT molecular complexity index is 1320. The Hall–Kier alpha value is -4.00. The second kappa shape index (κ2) is 8.50. The number of hydrogen-bond donors (Lipinski definition) is 0. The van der Waals surface area contributed by atoms with E-state index in [0.29, 0.717) is 11.3 Å². The minimum Gasteiger partial charge on any atom is -0.454 e. The predicted molar refractivity (Wildman–Crippen MR) is 123 cm³/mol. The number of carbonyl (C=O) groups excluding carboxylic acids is 4. The standard InChI is InChI=1S/C26H24N2O5/c1-5-27-16(3)12-20(17(27)4)23(29)14-33-26(32)18-10-11-19-21(13-18)25(31)28(24(19)30)22-9-7-6-8-15(22)2/h6-13H,5,14H2,1-4H3. The van der Waals surface area contributed by atoms with Gasteiger partial charge in [0.15, 0.2) is 6.61 Å². The molecule has 2 amide bonds. The molecule has 4 rings (SSSR count). The number of ether oxygens (including phenoxy) is 1. The number of anilines is 1. The molecule has 0 radical (unpaired) electrons. The van der Waals surface area contributed by atoms with Gasteiger partial charge in [-0.25, -0.2) is 9.69 Å². The van der Waals surface area contributed by atoms with E-state index in [4.69, 9.17) is 4.74 Å². The first-order valence-corrected chi connectivity index (χ1v) is 10.7. The minimum absolute atomic E-state index is 0.105. The summed E-state index contributed by atoms with van der Waals surface area (Å²) >= 11 is 0. The molecule has 1 aromatic heterocycles. The van der Waals surface area contributed by atoms with Crippen molar-refractivity contribution in [3.8, 4) is 0 Å². The molecule has 1 aliphatic heterocycles. The van der Waals surface area contributed by atoms with E-state index in [0.717, 1.165) is 28.4 Å². The van der Waals surface area contributed by atoms with Gasteiger partial charge in [0.2, 0.25) is 5.78 Å². The zero-order valence-electron chi connectivity index (χ0n) is 19.0. The van der Waals surface area contributed by atoms with E-state index in [9.17, 15) is 19.2 Å². The summed E-state index contributed by atoms with van der Waals surface area (Å²) in [6.45, 7) is 7.92. The highest BCUT2D eigenvalue weighted by molar-refractivity contribution is 6.35. The van der Waals surface area contributed by atoms with Crippen molar-refractivity contribution in [3.05, 3.63) is 87.7 Å². The molecular weight excluding hydrogens is 420 g/mol. The summed E-state index contributed by atoms with van der Waals surface area (Å²) in [4.78, 5) is 52.1. The minimum atomic E-state index is -0.731. The van der Waals surface area contributed by atoms with Crippen LogP contribution in [0.3, 0.4) is 0 Å². The number of fused-ring (bicyclic) bond motifs is 1. The van der Waals surface area contributed by atoms with Gasteiger partial charge in [0.25, 0.3) is 11.8 Å². The average Bonchev–Trinajstić information content (AvgIpc) is 3.23. The fourth-order valence-corrected chi connectivity index (χ4v) is 4.26. The fraction of sp³-hybridized carbons (Fsp3) is 0.231. The fourth-order valence-electron chi connectivity index (χ4n) is 4.26. The van der Waals surface area contributed by atoms with Crippen molar-refractivity contribution in [2.45, 2.75) is 34.2 Å². The van der Waals surface area contributed by atoms with Crippen LogP contribution in [0.25, 0.3) is 0 Å². The zero-order chi connectivity index (χ0) is 23.9. The van der Waals surface area contributed by atoms with Crippen LogP contribution in [0.2, 0.25) is 0 Å². The first-order chi connectivity index (χ1) is 15.7. The molecular formula is C26H24N2O5. The van der Waals surface area contributed by atoms with Crippen molar-refractivity contribution < 1.29 is 23.9 Å². The van der Waals surface area contributed by atoms with Crippen LogP contribution in [-0.4, -0.2) is 34.7 Å². The van der Waals surface area contributed by atoms with Crippen LogP contribution in [0.5, 0.6) is 0 Å². The SMILES string of the molecule is CCn1c(C)cc(C(=O)COC(=O)c2ccc3c(c2)C(=O)N(c2ccccc2C)C3=O)c1C. The van der Waals surface area contributed by atoms with Gasteiger partial charge in [0, 0.05) is 23.5 Å². The lowest BCUT2D eigenvalue weighted by Crippen LogP contribution is -2.29. The largest absolute Gasteiger partial charge is 0.454 e. The molecule has 7 nitrogen and oxygen atoms in total. The maximum atomic E-state index is 13.0. The molecule has 33 heavy (non-hydrogen) atoms. The van der Waals surface area contributed by atoms with Crippen molar-refractivity contribution in [1.82, 2.24) is 4.57 Å². The third-order valence-corrected chi connectivity index (χ3v) is 6.00. The number of amides is 2. The number of imide groups is 1. The number of esters is 1. The summed E-state index contributed by atoms with van der Waals surface area (Å²) in [5.74, 6) is -1.97. The Balaban J connectivity index is 1.52. The lowest BCUT2D eigenvalue weighted by Gasteiger charge is -2.16. The number of para-hydroxylation sites is 1. The van der Waals surface area contributed by atoms with Gasteiger partial charge >= 0.3 is 5.97 Å². The first kappa shape index (κ1) is 22.2. The second-order valence-electron chi connectivity index (χ2n) is 8.02. The number of ketones is 1. The molecule has 0 saturated heterocycles. The zero-order valence-corrected chi connectivity index (χ0v) is 19.0. The number of aryl methyl sites for hydroxylation is 2. The Morgan fingerprint density at radius 1 is 0.909 bits per heavy atom. The van der Waals surface area contributed by atoms with Gasteiger partial charge < -0.3 is 9.30 Å². The van der Waals surface area contributed by atoms with E-state index < -0.39 is 24.4 Å².